The van der Waals surface area contributed by atoms with E-state index in [1.54, 1.807) is 7.11 Å². The van der Waals surface area contributed by atoms with Crippen LogP contribution >= 0.6 is 0 Å². The van der Waals surface area contributed by atoms with Gasteiger partial charge in [-0.05, 0) is 6.92 Å². The predicted molar refractivity (Wildman–Crippen MR) is 57.0 cm³/mol. The van der Waals surface area contributed by atoms with Gasteiger partial charge in [-0.25, -0.2) is 15.0 Å². The van der Waals surface area contributed by atoms with Gasteiger partial charge in [-0.3, -0.25) is 5.10 Å². The average Bonchev–Trinajstić information content (AvgIpc) is 2.81. The molecule has 0 bridgehead atoms. The second-order valence-electron chi connectivity index (χ2n) is 3.14. The van der Waals surface area contributed by atoms with Crippen LogP contribution in [0.5, 0.6) is 5.88 Å². The zero-order valence-corrected chi connectivity index (χ0v) is 9.06. The smallest absolute Gasteiger partial charge is 0.221 e. The number of rotatable bonds is 4. The zero-order valence-electron chi connectivity index (χ0n) is 9.06. The second kappa shape index (κ2) is 4.56. The Bertz CT molecular complexity index is 455. The van der Waals surface area contributed by atoms with E-state index in [1.807, 2.05) is 6.92 Å². The van der Waals surface area contributed by atoms with Crippen LogP contribution < -0.4 is 10.1 Å². The summed E-state index contributed by atoms with van der Waals surface area (Å²) in [4.78, 5) is 12.1. The maximum atomic E-state index is 5.10. The Balaban J connectivity index is 2.09. The molecule has 7 nitrogen and oxygen atoms in total. The van der Waals surface area contributed by atoms with Crippen molar-refractivity contribution in [3.05, 3.63) is 24.0 Å². The summed E-state index contributed by atoms with van der Waals surface area (Å²) in [7, 11) is 1.58. The van der Waals surface area contributed by atoms with E-state index in [-0.39, 0.29) is 0 Å². The molecule has 0 fully saturated rings. The summed E-state index contributed by atoms with van der Waals surface area (Å²) in [5.41, 5.74) is 0.865. The summed E-state index contributed by atoms with van der Waals surface area (Å²) in [6, 6.07) is 0. The van der Waals surface area contributed by atoms with Gasteiger partial charge < -0.3 is 10.1 Å². The van der Waals surface area contributed by atoms with E-state index in [0.717, 1.165) is 17.2 Å². The molecule has 0 aliphatic rings. The number of ether oxygens (including phenoxy) is 1. The Kier molecular flexibility index (Phi) is 2.95. The lowest BCUT2D eigenvalue weighted by atomic mass is 10.3. The Labute approximate surface area is 92.3 Å². The number of hydrogen-bond donors (Lipinski definition) is 2. The molecule has 2 heterocycles. The van der Waals surface area contributed by atoms with Crippen molar-refractivity contribution in [1.29, 1.82) is 0 Å². The van der Waals surface area contributed by atoms with Crippen molar-refractivity contribution in [2.45, 2.75) is 13.5 Å². The molecular formula is C9H12N6O. The molecule has 84 valence electrons. The Morgan fingerprint density at radius 3 is 2.88 bits per heavy atom. The van der Waals surface area contributed by atoms with Gasteiger partial charge in [0.05, 0.1) is 19.2 Å². The molecule has 0 aliphatic carbocycles. The van der Waals surface area contributed by atoms with E-state index in [1.165, 1.54) is 12.7 Å². The van der Waals surface area contributed by atoms with Crippen LogP contribution in [-0.4, -0.2) is 32.3 Å². The fraction of sp³-hybridized carbons (Fsp3) is 0.333. The average molecular weight is 220 g/mol. The number of aromatic nitrogens is 5. The number of methoxy groups -OCH3 is 1. The van der Waals surface area contributed by atoms with E-state index in [9.17, 15) is 0 Å². The van der Waals surface area contributed by atoms with Crippen molar-refractivity contribution < 1.29 is 4.74 Å². The highest BCUT2D eigenvalue weighted by atomic mass is 16.5. The first-order valence-corrected chi connectivity index (χ1v) is 4.75. The van der Waals surface area contributed by atoms with Crippen molar-refractivity contribution in [2.24, 2.45) is 0 Å². The molecule has 2 aromatic rings. The standard InChI is InChI=1S/C9H12N6O/c1-6-8(12-4-13-9(6)16-2)10-3-7-11-5-14-15-7/h4-5H,3H2,1-2H3,(H,10,12,13)(H,11,14,15). The number of hydrogen-bond acceptors (Lipinski definition) is 6. The van der Waals surface area contributed by atoms with Crippen LogP contribution in [0.2, 0.25) is 0 Å². The van der Waals surface area contributed by atoms with Gasteiger partial charge in [0.1, 0.15) is 24.3 Å². The van der Waals surface area contributed by atoms with E-state index >= 15 is 0 Å². The molecule has 7 heteroatoms. The quantitative estimate of drug-likeness (QED) is 0.781. The highest BCUT2D eigenvalue weighted by Crippen LogP contribution is 2.19. The maximum absolute atomic E-state index is 5.10. The van der Waals surface area contributed by atoms with Crippen molar-refractivity contribution in [3.63, 3.8) is 0 Å². The first-order valence-electron chi connectivity index (χ1n) is 4.75. The molecule has 0 amide bonds. The predicted octanol–water partition coefficient (Wildman–Crippen LogP) is 0.524. The van der Waals surface area contributed by atoms with Gasteiger partial charge in [0.2, 0.25) is 5.88 Å². The molecule has 0 unspecified atom stereocenters. The van der Waals surface area contributed by atoms with Gasteiger partial charge in [0.25, 0.3) is 0 Å². The van der Waals surface area contributed by atoms with Crippen LogP contribution in [0, 0.1) is 6.92 Å². The normalized spacial score (nSPS) is 10.1. The third-order valence-electron chi connectivity index (χ3n) is 2.12. The number of nitrogens with zero attached hydrogens (tertiary/aromatic N) is 4. The van der Waals surface area contributed by atoms with Crippen LogP contribution in [0.15, 0.2) is 12.7 Å². The lowest BCUT2D eigenvalue weighted by molar-refractivity contribution is 0.393. The molecular weight excluding hydrogens is 208 g/mol. The highest BCUT2D eigenvalue weighted by Gasteiger charge is 2.06. The molecule has 2 aromatic heterocycles. The topological polar surface area (TPSA) is 88.6 Å². The zero-order chi connectivity index (χ0) is 11.4. The largest absolute Gasteiger partial charge is 0.481 e. The molecule has 2 rings (SSSR count). The molecule has 0 atom stereocenters. The molecule has 0 aliphatic heterocycles. The van der Waals surface area contributed by atoms with Crippen molar-refractivity contribution in [2.75, 3.05) is 12.4 Å². The SMILES string of the molecule is COc1ncnc(NCc2ncn[nH]2)c1C. The van der Waals surface area contributed by atoms with Crippen LogP contribution in [0.3, 0.4) is 0 Å². The van der Waals surface area contributed by atoms with Crippen molar-refractivity contribution in [1.82, 2.24) is 25.1 Å². The minimum Gasteiger partial charge on any atom is -0.481 e. The summed E-state index contributed by atoms with van der Waals surface area (Å²) >= 11 is 0. The van der Waals surface area contributed by atoms with E-state index < -0.39 is 0 Å². The van der Waals surface area contributed by atoms with Crippen LogP contribution in [-0.2, 0) is 6.54 Å². The molecule has 2 N–H and O–H groups in total. The molecule has 0 saturated carbocycles. The van der Waals surface area contributed by atoms with Crippen molar-refractivity contribution >= 4 is 5.82 Å². The van der Waals surface area contributed by atoms with Gasteiger partial charge >= 0.3 is 0 Å². The molecule has 0 radical (unpaired) electrons. The minimum atomic E-state index is 0.529. The van der Waals surface area contributed by atoms with E-state index in [4.69, 9.17) is 4.74 Å². The molecule has 0 spiro atoms. The summed E-state index contributed by atoms with van der Waals surface area (Å²) in [5, 5.41) is 9.64. The number of anilines is 1. The summed E-state index contributed by atoms with van der Waals surface area (Å²) in [6.45, 7) is 2.42. The highest BCUT2D eigenvalue weighted by molar-refractivity contribution is 5.47. The van der Waals surface area contributed by atoms with Crippen molar-refractivity contribution in [3.8, 4) is 5.88 Å². The fourth-order valence-corrected chi connectivity index (χ4v) is 1.30. The van der Waals surface area contributed by atoms with Gasteiger partial charge in [-0.1, -0.05) is 0 Å². The number of nitrogens with one attached hydrogen (secondary N) is 2. The second-order valence-corrected chi connectivity index (χ2v) is 3.14. The minimum absolute atomic E-state index is 0.529. The first-order chi connectivity index (χ1) is 7.81. The van der Waals surface area contributed by atoms with Gasteiger partial charge in [-0.2, -0.15) is 5.10 Å². The third kappa shape index (κ3) is 2.08. The first kappa shape index (κ1) is 10.3. The van der Waals surface area contributed by atoms with Gasteiger partial charge in [0.15, 0.2) is 0 Å². The molecule has 0 aromatic carbocycles. The van der Waals surface area contributed by atoms with Crippen LogP contribution in [0.1, 0.15) is 11.4 Å². The Morgan fingerprint density at radius 1 is 1.31 bits per heavy atom. The molecule has 0 saturated heterocycles. The number of aromatic amines is 1. The summed E-state index contributed by atoms with van der Waals surface area (Å²) in [6.07, 6.45) is 2.92. The third-order valence-corrected chi connectivity index (χ3v) is 2.12. The van der Waals surface area contributed by atoms with Crippen LogP contribution in [0.25, 0.3) is 0 Å². The lowest BCUT2D eigenvalue weighted by Gasteiger charge is -2.08. The number of H-pyrrole nitrogens is 1. The Morgan fingerprint density at radius 2 is 2.19 bits per heavy atom. The maximum Gasteiger partial charge on any atom is 0.221 e. The Hall–Kier alpha value is -2.18. The van der Waals surface area contributed by atoms with Crippen LogP contribution in [0.4, 0.5) is 5.82 Å². The van der Waals surface area contributed by atoms with E-state index in [0.29, 0.717) is 12.4 Å². The monoisotopic (exact) mass is 220 g/mol. The molecule has 16 heavy (non-hydrogen) atoms. The summed E-state index contributed by atoms with van der Waals surface area (Å²) < 4.78 is 5.10. The summed E-state index contributed by atoms with van der Waals surface area (Å²) in [5.74, 6) is 2.04. The fourth-order valence-electron chi connectivity index (χ4n) is 1.30. The van der Waals surface area contributed by atoms with E-state index in [2.05, 4.69) is 30.5 Å². The van der Waals surface area contributed by atoms with Gasteiger partial charge in [-0.15, -0.1) is 0 Å². The van der Waals surface area contributed by atoms with Gasteiger partial charge in [0, 0.05) is 0 Å². The lowest BCUT2D eigenvalue weighted by Crippen LogP contribution is -2.06.